The fourth-order valence-corrected chi connectivity index (χ4v) is 2.81. The summed E-state index contributed by atoms with van der Waals surface area (Å²) in [5, 5.41) is 2.93. The third kappa shape index (κ3) is 5.54. The van der Waals surface area contributed by atoms with Gasteiger partial charge in [-0.25, -0.2) is 9.97 Å². The molecule has 0 saturated carbocycles. The number of amides is 1. The molecule has 1 N–H and O–H groups in total. The highest BCUT2D eigenvalue weighted by Crippen LogP contribution is 2.23. The van der Waals surface area contributed by atoms with Gasteiger partial charge in [0.05, 0.1) is 12.5 Å². The van der Waals surface area contributed by atoms with Gasteiger partial charge in [0.1, 0.15) is 0 Å². The zero-order valence-electron chi connectivity index (χ0n) is 15.9. The third-order valence-electron chi connectivity index (χ3n) is 4.46. The molecule has 0 fully saturated rings. The van der Waals surface area contributed by atoms with Gasteiger partial charge >= 0.3 is 0 Å². The van der Waals surface area contributed by atoms with E-state index in [2.05, 4.69) is 41.3 Å². The SMILES string of the molecule is CC(C)c1ccc(-c2cnc(CCC(=O)NCCCn3ccnc3)o2)cc1. The van der Waals surface area contributed by atoms with Crippen molar-refractivity contribution < 1.29 is 9.21 Å². The number of benzene rings is 1. The number of imidazole rings is 1. The van der Waals surface area contributed by atoms with Crippen LogP contribution in [-0.2, 0) is 17.8 Å². The van der Waals surface area contributed by atoms with E-state index in [-0.39, 0.29) is 5.91 Å². The van der Waals surface area contributed by atoms with Gasteiger partial charge in [-0.1, -0.05) is 38.1 Å². The first-order valence-electron chi connectivity index (χ1n) is 9.39. The number of carbonyl (C=O) groups is 1. The molecule has 0 radical (unpaired) electrons. The Kier molecular flexibility index (Phi) is 6.41. The van der Waals surface area contributed by atoms with Gasteiger partial charge in [-0.05, 0) is 17.9 Å². The quantitative estimate of drug-likeness (QED) is 0.585. The molecule has 0 aliphatic heterocycles. The van der Waals surface area contributed by atoms with E-state index in [1.54, 1.807) is 18.7 Å². The lowest BCUT2D eigenvalue weighted by Crippen LogP contribution is -2.25. The highest BCUT2D eigenvalue weighted by molar-refractivity contribution is 5.76. The number of hydrogen-bond acceptors (Lipinski definition) is 4. The summed E-state index contributed by atoms with van der Waals surface area (Å²) < 4.78 is 7.79. The van der Waals surface area contributed by atoms with Crippen LogP contribution >= 0.6 is 0 Å². The number of oxazole rings is 1. The van der Waals surface area contributed by atoms with E-state index in [1.165, 1.54) is 5.56 Å². The van der Waals surface area contributed by atoms with E-state index in [0.29, 0.717) is 31.2 Å². The van der Waals surface area contributed by atoms with E-state index >= 15 is 0 Å². The molecule has 0 aliphatic carbocycles. The van der Waals surface area contributed by atoms with Gasteiger partial charge in [0, 0.05) is 43.9 Å². The van der Waals surface area contributed by atoms with Gasteiger partial charge in [-0.3, -0.25) is 4.79 Å². The lowest BCUT2D eigenvalue weighted by atomic mass is 10.0. The van der Waals surface area contributed by atoms with Crippen LogP contribution in [0.5, 0.6) is 0 Å². The lowest BCUT2D eigenvalue weighted by Gasteiger charge is -2.05. The molecule has 0 saturated heterocycles. The van der Waals surface area contributed by atoms with Gasteiger partial charge in [-0.2, -0.15) is 0 Å². The van der Waals surface area contributed by atoms with Crippen molar-refractivity contribution in [3.05, 3.63) is 60.6 Å². The maximum atomic E-state index is 12.0. The molecule has 2 aromatic heterocycles. The first-order valence-corrected chi connectivity index (χ1v) is 9.39. The third-order valence-corrected chi connectivity index (χ3v) is 4.46. The van der Waals surface area contributed by atoms with Crippen LogP contribution in [0, 0.1) is 0 Å². The molecule has 0 spiro atoms. The summed E-state index contributed by atoms with van der Waals surface area (Å²) in [6, 6.07) is 8.32. The second kappa shape index (κ2) is 9.16. The predicted octanol–water partition coefficient (Wildman–Crippen LogP) is 3.80. The molecule has 1 aromatic carbocycles. The van der Waals surface area contributed by atoms with Crippen molar-refractivity contribution in [3.63, 3.8) is 0 Å². The number of nitrogens with zero attached hydrogens (tertiary/aromatic N) is 3. The maximum absolute atomic E-state index is 12.0. The number of aromatic nitrogens is 3. The van der Waals surface area contributed by atoms with Crippen molar-refractivity contribution in [1.82, 2.24) is 19.9 Å². The number of carbonyl (C=O) groups excluding carboxylic acids is 1. The van der Waals surface area contributed by atoms with Crippen LogP contribution in [0.2, 0.25) is 0 Å². The standard InChI is InChI=1S/C21H26N4O2/c1-16(2)17-4-6-18(7-5-17)19-14-24-21(27-19)9-8-20(26)23-10-3-12-25-13-11-22-15-25/h4-7,11,13-16H,3,8-10,12H2,1-2H3,(H,23,26). The minimum Gasteiger partial charge on any atom is -0.441 e. The van der Waals surface area contributed by atoms with Gasteiger partial charge in [0.15, 0.2) is 11.7 Å². The van der Waals surface area contributed by atoms with Gasteiger partial charge in [0.25, 0.3) is 0 Å². The summed E-state index contributed by atoms with van der Waals surface area (Å²) in [5.74, 6) is 1.84. The van der Waals surface area contributed by atoms with Crippen molar-refractivity contribution in [1.29, 1.82) is 0 Å². The van der Waals surface area contributed by atoms with Crippen molar-refractivity contribution in [2.45, 2.75) is 45.6 Å². The number of hydrogen-bond donors (Lipinski definition) is 1. The van der Waals surface area contributed by atoms with E-state index < -0.39 is 0 Å². The predicted molar refractivity (Wildman–Crippen MR) is 104 cm³/mol. The van der Waals surface area contributed by atoms with Crippen LogP contribution in [-0.4, -0.2) is 27.0 Å². The Morgan fingerprint density at radius 2 is 2.07 bits per heavy atom. The maximum Gasteiger partial charge on any atom is 0.220 e. The number of nitrogens with one attached hydrogen (secondary N) is 1. The van der Waals surface area contributed by atoms with Crippen LogP contribution in [0.3, 0.4) is 0 Å². The largest absolute Gasteiger partial charge is 0.441 e. The Bertz CT molecular complexity index is 835. The summed E-state index contributed by atoms with van der Waals surface area (Å²) in [6.45, 7) is 5.84. The second-order valence-corrected chi connectivity index (χ2v) is 6.90. The monoisotopic (exact) mass is 366 g/mol. The summed E-state index contributed by atoms with van der Waals surface area (Å²) in [5.41, 5.74) is 2.30. The Balaban J connectivity index is 1.41. The minimum atomic E-state index is 0.0154. The zero-order valence-corrected chi connectivity index (χ0v) is 15.9. The van der Waals surface area contributed by atoms with Gasteiger partial charge in [-0.15, -0.1) is 0 Å². The Hall–Kier alpha value is -2.89. The number of rotatable bonds is 9. The zero-order chi connectivity index (χ0) is 19.1. The van der Waals surface area contributed by atoms with Crippen LogP contribution in [0.1, 0.15) is 44.1 Å². The summed E-state index contributed by atoms with van der Waals surface area (Å²) in [7, 11) is 0. The van der Waals surface area contributed by atoms with Crippen molar-refractivity contribution >= 4 is 5.91 Å². The molecule has 6 nitrogen and oxygen atoms in total. The van der Waals surface area contributed by atoms with Gasteiger partial charge < -0.3 is 14.3 Å². The Morgan fingerprint density at radius 1 is 1.26 bits per heavy atom. The molecule has 3 aromatic rings. The van der Waals surface area contributed by atoms with E-state index in [1.807, 2.05) is 22.9 Å². The fourth-order valence-electron chi connectivity index (χ4n) is 2.81. The summed E-state index contributed by atoms with van der Waals surface area (Å²) >= 11 is 0. The van der Waals surface area contributed by atoms with Crippen LogP contribution in [0.4, 0.5) is 0 Å². The second-order valence-electron chi connectivity index (χ2n) is 6.90. The molecule has 0 atom stereocenters. The molecule has 142 valence electrons. The molecule has 0 unspecified atom stereocenters. The highest BCUT2D eigenvalue weighted by Gasteiger charge is 2.09. The molecule has 2 heterocycles. The van der Waals surface area contributed by atoms with Crippen LogP contribution < -0.4 is 5.32 Å². The van der Waals surface area contributed by atoms with Crippen LogP contribution in [0.15, 0.2) is 53.6 Å². The minimum absolute atomic E-state index is 0.0154. The topological polar surface area (TPSA) is 73.0 Å². The molecule has 0 bridgehead atoms. The summed E-state index contributed by atoms with van der Waals surface area (Å²) in [6.07, 6.45) is 8.91. The smallest absolute Gasteiger partial charge is 0.220 e. The molecule has 0 aliphatic rings. The van der Waals surface area contributed by atoms with E-state index in [9.17, 15) is 4.79 Å². The normalized spacial score (nSPS) is 11.1. The first kappa shape index (κ1) is 18.9. The molecule has 1 amide bonds. The van der Waals surface area contributed by atoms with Gasteiger partial charge in [0.2, 0.25) is 5.91 Å². The average molecular weight is 366 g/mol. The van der Waals surface area contributed by atoms with Crippen molar-refractivity contribution in [2.24, 2.45) is 0 Å². The molecular weight excluding hydrogens is 340 g/mol. The molecular formula is C21H26N4O2. The molecule has 3 rings (SSSR count). The summed E-state index contributed by atoms with van der Waals surface area (Å²) in [4.78, 5) is 20.2. The van der Waals surface area contributed by atoms with E-state index in [0.717, 1.165) is 24.3 Å². The number of aryl methyl sites for hydroxylation is 2. The highest BCUT2D eigenvalue weighted by atomic mass is 16.4. The first-order chi connectivity index (χ1) is 13.1. The fraction of sp³-hybridized carbons (Fsp3) is 0.381. The Labute approximate surface area is 159 Å². The van der Waals surface area contributed by atoms with Crippen molar-refractivity contribution in [2.75, 3.05) is 6.54 Å². The van der Waals surface area contributed by atoms with E-state index in [4.69, 9.17) is 4.42 Å². The Morgan fingerprint density at radius 3 is 2.78 bits per heavy atom. The van der Waals surface area contributed by atoms with Crippen LogP contribution in [0.25, 0.3) is 11.3 Å². The molecule has 27 heavy (non-hydrogen) atoms. The average Bonchev–Trinajstić information content (AvgIpc) is 3.35. The lowest BCUT2D eigenvalue weighted by molar-refractivity contribution is -0.121. The van der Waals surface area contributed by atoms with Crippen molar-refractivity contribution in [3.8, 4) is 11.3 Å². The molecule has 6 heteroatoms.